The lowest BCUT2D eigenvalue weighted by atomic mass is 9.77. The molecule has 3 saturated heterocycles. The van der Waals surface area contributed by atoms with E-state index in [0.717, 1.165) is 73.1 Å². The van der Waals surface area contributed by atoms with Crippen molar-refractivity contribution in [1.29, 1.82) is 0 Å². The third-order valence-electron chi connectivity index (χ3n) is 10.2. The van der Waals surface area contributed by atoms with Crippen molar-refractivity contribution in [1.82, 2.24) is 19.4 Å². The van der Waals surface area contributed by atoms with Crippen LogP contribution in [0.5, 0.6) is 0 Å². The van der Waals surface area contributed by atoms with Crippen LogP contribution in [0.25, 0.3) is 22.0 Å². The molecule has 46 heavy (non-hydrogen) atoms. The highest BCUT2D eigenvalue weighted by atomic mass is 32.2. The van der Waals surface area contributed by atoms with Crippen LogP contribution in [0.4, 0.5) is 14.6 Å². The number of anilines is 1. The van der Waals surface area contributed by atoms with Crippen LogP contribution >= 0.6 is 25.3 Å². The van der Waals surface area contributed by atoms with Crippen LogP contribution in [-0.4, -0.2) is 89.0 Å². The summed E-state index contributed by atoms with van der Waals surface area (Å²) in [5, 5.41) is 0.831. The Balaban J connectivity index is 0.00000372. The topological polar surface area (TPSA) is 70.9 Å². The molecule has 0 aliphatic carbocycles. The molecule has 8 nitrogen and oxygen atoms in total. The molecule has 0 N–H and O–H groups in total. The number of thioether (sulfide) groups is 1. The third kappa shape index (κ3) is 5.54. The van der Waals surface area contributed by atoms with Gasteiger partial charge in [-0.15, -0.1) is 11.8 Å². The van der Waals surface area contributed by atoms with E-state index in [1.807, 2.05) is 36.3 Å². The molecule has 1 spiro atoms. The molecular weight excluding hydrogens is 629 g/mol. The van der Waals surface area contributed by atoms with Crippen molar-refractivity contribution in [2.24, 2.45) is 5.41 Å². The summed E-state index contributed by atoms with van der Waals surface area (Å²) in [6.45, 7) is 14.9. The summed E-state index contributed by atoms with van der Waals surface area (Å²) in [6, 6.07) is 5.32. The summed E-state index contributed by atoms with van der Waals surface area (Å²) < 4.78 is 36.6. The summed E-state index contributed by atoms with van der Waals surface area (Å²) in [4.78, 5) is 38.7. The number of ether oxygens (including phenoxy) is 1. The normalized spacial score (nSPS) is 24.1. The van der Waals surface area contributed by atoms with Gasteiger partial charge in [0.25, 0.3) is 0 Å². The Morgan fingerprint density at radius 3 is 2.46 bits per heavy atom. The van der Waals surface area contributed by atoms with Gasteiger partial charge in [0, 0.05) is 70.4 Å². The molecule has 246 valence electrons. The molecule has 3 fully saturated rings. The predicted octanol–water partition coefficient (Wildman–Crippen LogP) is 5.13. The van der Waals surface area contributed by atoms with Crippen molar-refractivity contribution < 1.29 is 18.3 Å². The lowest BCUT2D eigenvalue weighted by Crippen LogP contribution is -2.58. The fourth-order valence-electron chi connectivity index (χ4n) is 7.85. The Morgan fingerprint density at radius 2 is 1.85 bits per heavy atom. The monoisotopic (exact) mass is 669 g/mol. The first-order valence-corrected chi connectivity index (χ1v) is 16.8. The van der Waals surface area contributed by atoms with Crippen LogP contribution in [0.2, 0.25) is 0 Å². The molecule has 1 amide bonds. The minimum Gasteiger partial charge on any atom is -0.380 e. The Bertz CT molecular complexity index is 1740. The average Bonchev–Trinajstić information content (AvgIpc) is 2.99. The van der Waals surface area contributed by atoms with Crippen LogP contribution in [0.3, 0.4) is 0 Å². The predicted molar refractivity (Wildman–Crippen MR) is 183 cm³/mol. The Kier molecular flexibility index (Phi) is 9.03. The number of rotatable bonds is 5. The molecule has 7 rings (SSSR count). The lowest BCUT2D eigenvalue weighted by molar-refractivity contribution is -0.140. The Labute approximate surface area is 279 Å². The number of carbonyl (C=O) groups excluding carboxylic acids is 1. The van der Waals surface area contributed by atoms with Gasteiger partial charge in [-0.1, -0.05) is 6.58 Å². The van der Waals surface area contributed by atoms with Crippen LogP contribution in [0.15, 0.2) is 46.6 Å². The van der Waals surface area contributed by atoms with Crippen LogP contribution in [0.1, 0.15) is 38.3 Å². The van der Waals surface area contributed by atoms with Gasteiger partial charge in [-0.3, -0.25) is 9.36 Å². The maximum absolute atomic E-state index is 15.3. The standard InChI is InChI=1S/C34H39F2N5O3S.H2S/c1-5-28(42)40-21(3)14-39(15-22(40)4)32-26-12-20(2)29(25-7-6-23(35)13-27(25)36)31-30(26)41(33(43)37-32)24(17-45-31)16-38-10-8-34(9-11-38)18-44-19-34;/h5-7,12-13,21-22,24H,1,8-11,14-19H2,2-4H3;1H2/t21-,22+,24-;/m0./s1. The van der Waals surface area contributed by atoms with E-state index in [-0.39, 0.29) is 43.2 Å². The highest BCUT2D eigenvalue weighted by molar-refractivity contribution is 7.99. The number of carbonyl (C=O) groups is 1. The number of piperazine rings is 1. The molecule has 4 aliphatic heterocycles. The van der Waals surface area contributed by atoms with Gasteiger partial charge in [0.15, 0.2) is 0 Å². The van der Waals surface area contributed by atoms with Crippen molar-refractivity contribution in [2.45, 2.75) is 56.6 Å². The first-order chi connectivity index (χ1) is 21.6. The minimum absolute atomic E-state index is 0. The summed E-state index contributed by atoms with van der Waals surface area (Å²) in [5.74, 6) is -0.156. The number of nitrogens with zero attached hydrogens (tertiary/aromatic N) is 5. The summed E-state index contributed by atoms with van der Waals surface area (Å²) in [5.41, 5.74) is 2.56. The van der Waals surface area contributed by atoms with Crippen molar-refractivity contribution in [2.75, 3.05) is 56.6 Å². The number of hydrogen-bond donors (Lipinski definition) is 0. The number of piperidine rings is 1. The van der Waals surface area contributed by atoms with E-state index in [0.29, 0.717) is 41.2 Å². The Hall–Kier alpha value is -2.93. The van der Waals surface area contributed by atoms with E-state index >= 15 is 4.39 Å². The van der Waals surface area contributed by atoms with E-state index in [9.17, 15) is 14.0 Å². The molecule has 12 heteroatoms. The van der Waals surface area contributed by atoms with Gasteiger partial charge in [-0.2, -0.15) is 18.5 Å². The van der Waals surface area contributed by atoms with Crippen molar-refractivity contribution >= 4 is 47.9 Å². The molecule has 5 heterocycles. The molecule has 4 aliphatic rings. The summed E-state index contributed by atoms with van der Waals surface area (Å²) in [6.07, 6.45) is 3.53. The van der Waals surface area contributed by atoms with Gasteiger partial charge < -0.3 is 19.4 Å². The Morgan fingerprint density at radius 1 is 1.15 bits per heavy atom. The maximum Gasteiger partial charge on any atom is 0.350 e. The molecule has 3 atom stereocenters. The SMILES string of the molecule is C=CC(=O)N1[C@H](C)CN(c2nc(=O)n3c4c(c(-c5ccc(F)cc5F)c(C)cc24)SC[C@@H]3CN2CCC3(CC2)COC3)C[C@@H]1C.S. The van der Waals surface area contributed by atoms with Crippen molar-refractivity contribution in [3.63, 3.8) is 0 Å². The lowest BCUT2D eigenvalue weighted by Gasteiger charge is -2.48. The fourth-order valence-corrected chi connectivity index (χ4v) is 9.22. The molecule has 0 bridgehead atoms. The second-order valence-corrected chi connectivity index (χ2v) is 14.3. The number of aromatic nitrogens is 2. The van der Waals surface area contributed by atoms with Crippen molar-refractivity contribution in [3.8, 4) is 11.1 Å². The van der Waals surface area contributed by atoms with Gasteiger partial charge in [0.1, 0.15) is 17.5 Å². The zero-order valence-corrected chi connectivity index (χ0v) is 28.3. The minimum atomic E-state index is -0.632. The molecule has 1 aromatic heterocycles. The van der Waals surface area contributed by atoms with Crippen LogP contribution in [0, 0.1) is 24.0 Å². The molecule has 0 radical (unpaired) electrons. The number of hydrogen-bond acceptors (Lipinski definition) is 7. The zero-order valence-electron chi connectivity index (χ0n) is 26.5. The van der Waals surface area contributed by atoms with E-state index < -0.39 is 11.6 Å². The summed E-state index contributed by atoms with van der Waals surface area (Å²) >= 11 is 1.64. The molecule has 3 aromatic rings. The van der Waals surface area contributed by atoms with Crippen LogP contribution < -0.4 is 10.6 Å². The number of likely N-dealkylation sites (tertiary alicyclic amines) is 1. The van der Waals surface area contributed by atoms with Crippen molar-refractivity contribution in [3.05, 3.63) is 64.6 Å². The zero-order chi connectivity index (χ0) is 31.6. The largest absolute Gasteiger partial charge is 0.380 e. The number of benzene rings is 2. The molecule has 0 saturated carbocycles. The first kappa shape index (κ1) is 33.0. The highest BCUT2D eigenvalue weighted by Crippen LogP contribution is 2.47. The number of halogens is 2. The molecule has 0 unspecified atom stereocenters. The smallest absolute Gasteiger partial charge is 0.350 e. The van der Waals surface area contributed by atoms with Gasteiger partial charge >= 0.3 is 5.69 Å². The molecular formula is C34H41F2N5O3S2. The second-order valence-electron chi connectivity index (χ2n) is 13.3. The average molecular weight is 670 g/mol. The highest BCUT2D eigenvalue weighted by Gasteiger charge is 2.42. The first-order valence-electron chi connectivity index (χ1n) is 15.8. The van der Waals surface area contributed by atoms with E-state index in [4.69, 9.17) is 9.72 Å². The third-order valence-corrected chi connectivity index (χ3v) is 11.4. The van der Waals surface area contributed by atoms with E-state index in [2.05, 4.69) is 16.4 Å². The van der Waals surface area contributed by atoms with Gasteiger partial charge in [0.2, 0.25) is 5.91 Å². The number of amides is 1. The molecule has 2 aromatic carbocycles. The number of aryl methyl sites for hydroxylation is 1. The van der Waals surface area contributed by atoms with Crippen LogP contribution in [-0.2, 0) is 9.53 Å². The maximum atomic E-state index is 15.3. The van der Waals surface area contributed by atoms with E-state index in [1.54, 1.807) is 11.8 Å². The van der Waals surface area contributed by atoms with E-state index in [1.165, 1.54) is 18.2 Å². The van der Waals surface area contributed by atoms with Gasteiger partial charge in [-0.05, 0) is 76.5 Å². The second kappa shape index (κ2) is 12.6. The van der Waals surface area contributed by atoms with Gasteiger partial charge in [-0.25, -0.2) is 13.6 Å². The quantitative estimate of drug-likeness (QED) is 0.349. The van der Waals surface area contributed by atoms with Gasteiger partial charge in [0.05, 0.1) is 24.8 Å². The fraction of sp³-hybridized carbons (Fsp3) is 0.500. The summed E-state index contributed by atoms with van der Waals surface area (Å²) in [7, 11) is 0.